The van der Waals surface area contributed by atoms with Crippen LogP contribution in [-0.2, 0) is 4.74 Å². The monoisotopic (exact) mass is 217 g/mol. The van der Waals surface area contributed by atoms with Crippen molar-refractivity contribution in [2.75, 3.05) is 20.3 Å². The normalized spacial score (nSPS) is 13.2. The number of ether oxygens (including phenoxy) is 1. The van der Waals surface area contributed by atoms with Gasteiger partial charge in [0.05, 0.1) is 5.60 Å². The maximum atomic E-state index is 8.76. The van der Waals surface area contributed by atoms with Crippen molar-refractivity contribution in [3.8, 4) is 0 Å². The fraction of sp³-hybridized carbons (Fsp3) is 1.00. The number of hydrogen-bond donors (Lipinski definition) is 2. The van der Waals surface area contributed by atoms with Gasteiger partial charge in [-0.3, -0.25) is 0 Å². The Balaban J connectivity index is 3.74. The van der Waals surface area contributed by atoms with E-state index < -0.39 is 0 Å². The van der Waals surface area contributed by atoms with Crippen LogP contribution >= 0.6 is 0 Å². The molecule has 0 rings (SSSR count). The Kier molecular flexibility index (Phi) is 6.41. The molecule has 0 aliphatic rings. The highest BCUT2D eigenvalue weighted by Crippen LogP contribution is 2.18. The average Bonchev–Trinajstić information content (AvgIpc) is 2.14. The van der Waals surface area contributed by atoms with Crippen molar-refractivity contribution in [3.05, 3.63) is 0 Å². The molecule has 0 fully saturated rings. The van der Waals surface area contributed by atoms with Crippen LogP contribution in [-0.4, -0.2) is 36.5 Å². The third-order valence-electron chi connectivity index (χ3n) is 2.83. The van der Waals surface area contributed by atoms with Gasteiger partial charge in [0.15, 0.2) is 0 Å². The van der Waals surface area contributed by atoms with E-state index in [-0.39, 0.29) is 17.7 Å². The molecule has 0 aliphatic carbocycles. The Morgan fingerprint density at radius 1 is 1.13 bits per heavy atom. The molecule has 0 radical (unpaired) electrons. The maximum Gasteiger partial charge on any atom is 0.0627 e. The lowest BCUT2D eigenvalue weighted by Crippen LogP contribution is -2.38. The predicted octanol–water partition coefficient (Wildman–Crippen LogP) is 1.94. The van der Waals surface area contributed by atoms with Crippen molar-refractivity contribution in [3.63, 3.8) is 0 Å². The summed E-state index contributed by atoms with van der Waals surface area (Å²) in [6.45, 7) is 9.49. The number of aliphatic hydroxyl groups is 1. The van der Waals surface area contributed by atoms with Crippen LogP contribution < -0.4 is 5.32 Å². The summed E-state index contributed by atoms with van der Waals surface area (Å²) in [7, 11) is 1.97. The van der Waals surface area contributed by atoms with E-state index >= 15 is 0 Å². The zero-order valence-corrected chi connectivity index (χ0v) is 10.9. The molecule has 0 heterocycles. The lowest BCUT2D eigenvalue weighted by molar-refractivity contribution is -0.0338. The summed E-state index contributed by atoms with van der Waals surface area (Å²) >= 11 is 0. The summed E-state index contributed by atoms with van der Waals surface area (Å²) in [6.07, 6.45) is 2.71. The van der Waals surface area contributed by atoms with Gasteiger partial charge in [-0.1, -0.05) is 0 Å². The molecule has 92 valence electrons. The van der Waals surface area contributed by atoms with Gasteiger partial charge in [0.25, 0.3) is 0 Å². The fourth-order valence-electron chi connectivity index (χ4n) is 1.28. The van der Waals surface area contributed by atoms with Crippen molar-refractivity contribution in [2.45, 2.75) is 58.1 Å². The quantitative estimate of drug-likeness (QED) is 0.653. The number of hydrogen-bond acceptors (Lipinski definition) is 3. The molecule has 0 bridgehead atoms. The van der Waals surface area contributed by atoms with Crippen LogP contribution in [0.5, 0.6) is 0 Å². The zero-order valence-electron chi connectivity index (χ0n) is 10.9. The van der Waals surface area contributed by atoms with Crippen molar-refractivity contribution < 1.29 is 9.84 Å². The Morgan fingerprint density at radius 3 is 2.20 bits per heavy atom. The number of nitrogens with one attached hydrogen (secondary N) is 1. The van der Waals surface area contributed by atoms with Crippen LogP contribution in [0.4, 0.5) is 0 Å². The minimum atomic E-state index is -0.119. The van der Waals surface area contributed by atoms with Crippen LogP contribution in [0.2, 0.25) is 0 Å². The average molecular weight is 217 g/mol. The number of rotatable bonds is 8. The SMILES string of the molecule is CNC(C)(C)CCOC(C)(C)CCCO. The largest absolute Gasteiger partial charge is 0.396 e. The fourth-order valence-corrected chi connectivity index (χ4v) is 1.28. The minimum Gasteiger partial charge on any atom is -0.396 e. The molecule has 0 unspecified atom stereocenters. The van der Waals surface area contributed by atoms with Gasteiger partial charge < -0.3 is 15.2 Å². The topological polar surface area (TPSA) is 41.5 Å². The molecule has 0 spiro atoms. The summed E-state index contributed by atoms with van der Waals surface area (Å²) in [5.74, 6) is 0. The van der Waals surface area contributed by atoms with E-state index in [9.17, 15) is 0 Å². The Morgan fingerprint density at radius 2 is 1.73 bits per heavy atom. The molecule has 0 saturated heterocycles. The summed E-state index contributed by atoms with van der Waals surface area (Å²) in [5, 5.41) is 12.0. The Bertz CT molecular complexity index is 167. The van der Waals surface area contributed by atoms with E-state index in [0.29, 0.717) is 0 Å². The highest BCUT2D eigenvalue weighted by molar-refractivity contribution is 4.76. The van der Waals surface area contributed by atoms with Crippen LogP contribution in [0.1, 0.15) is 47.0 Å². The highest BCUT2D eigenvalue weighted by Gasteiger charge is 2.20. The summed E-state index contributed by atoms with van der Waals surface area (Å²) < 4.78 is 5.82. The molecule has 0 aromatic heterocycles. The summed E-state index contributed by atoms with van der Waals surface area (Å²) in [4.78, 5) is 0. The van der Waals surface area contributed by atoms with E-state index in [2.05, 4.69) is 33.0 Å². The summed E-state index contributed by atoms with van der Waals surface area (Å²) in [6, 6.07) is 0. The predicted molar refractivity (Wildman–Crippen MR) is 64.1 cm³/mol. The first kappa shape index (κ1) is 14.9. The van der Waals surface area contributed by atoms with Gasteiger partial charge in [0.2, 0.25) is 0 Å². The molecule has 15 heavy (non-hydrogen) atoms. The van der Waals surface area contributed by atoms with Gasteiger partial charge in [-0.15, -0.1) is 0 Å². The first-order valence-corrected chi connectivity index (χ1v) is 5.77. The molecule has 3 heteroatoms. The minimum absolute atomic E-state index is 0.119. The van der Waals surface area contributed by atoms with Crippen molar-refractivity contribution in [1.82, 2.24) is 5.32 Å². The molecule has 0 amide bonds. The van der Waals surface area contributed by atoms with E-state index in [1.807, 2.05) is 7.05 Å². The van der Waals surface area contributed by atoms with Crippen molar-refractivity contribution in [1.29, 1.82) is 0 Å². The van der Waals surface area contributed by atoms with Gasteiger partial charge in [0.1, 0.15) is 0 Å². The van der Waals surface area contributed by atoms with E-state index in [1.54, 1.807) is 0 Å². The van der Waals surface area contributed by atoms with Crippen molar-refractivity contribution >= 4 is 0 Å². The van der Waals surface area contributed by atoms with Crippen LogP contribution in [0.15, 0.2) is 0 Å². The molecular weight excluding hydrogens is 190 g/mol. The molecule has 0 aromatic carbocycles. The zero-order chi connectivity index (χ0) is 11.9. The van der Waals surface area contributed by atoms with Crippen LogP contribution in [0.3, 0.4) is 0 Å². The molecule has 3 nitrogen and oxygen atoms in total. The molecular formula is C12H27NO2. The van der Waals surface area contributed by atoms with Crippen LogP contribution in [0, 0.1) is 0 Å². The van der Waals surface area contributed by atoms with Gasteiger partial charge in [0, 0.05) is 18.8 Å². The molecule has 0 atom stereocenters. The third-order valence-corrected chi connectivity index (χ3v) is 2.83. The first-order chi connectivity index (χ1) is 6.83. The second-order valence-electron chi connectivity index (χ2n) is 5.32. The van der Waals surface area contributed by atoms with E-state index in [4.69, 9.17) is 9.84 Å². The maximum absolute atomic E-state index is 8.76. The second-order valence-corrected chi connectivity index (χ2v) is 5.32. The smallest absolute Gasteiger partial charge is 0.0627 e. The van der Waals surface area contributed by atoms with Gasteiger partial charge in [-0.2, -0.15) is 0 Å². The van der Waals surface area contributed by atoms with E-state index in [1.165, 1.54) is 0 Å². The number of aliphatic hydroxyl groups excluding tert-OH is 1. The van der Waals surface area contributed by atoms with Gasteiger partial charge >= 0.3 is 0 Å². The molecule has 0 aromatic rings. The lowest BCUT2D eigenvalue weighted by Gasteiger charge is -2.29. The van der Waals surface area contributed by atoms with Crippen LogP contribution in [0.25, 0.3) is 0 Å². The van der Waals surface area contributed by atoms with Gasteiger partial charge in [-0.05, 0) is 54.0 Å². The highest BCUT2D eigenvalue weighted by atomic mass is 16.5. The molecule has 0 saturated carbocycles. The molecule has 0 aliphatic heterocycles. The van der Waals surface area contributed by atoms with Crippen molar-refractivity contribution in [2.24, 2.45) is 0 Å². The van der Waals surface area contributed by atoms with E-state index in [0.717, 1.165) is 25.9 Å². The standard InChI is InChI=1S/C12H27NO2/c1-11(2,13-5)8-10-15-12(3,4)7-6-9-14/h13-14H,6-10H2,1-5H3. The first-order valence-electron chi connectivity index (χ1n) is 5.77. The molecule has 2 N–H and O–H groups in total. The summed E-state index contributed by atoms with van der Waals surface area (Å²) in [5.41, 5.74) is 0.0135. The second kappa shape index (κ2) is 6.46. The van der Waals surface area contributed by atoms with Gasteiger partial charge in [-0.25, -0.2) is 0 Å². The lowest BCUT2D eigenvalue weighted by atomic mass is 10.0. The Labute approximate surface area is 94.2 Å². The third kappa shape index (κ3) is 7.77. The Hall–Kier alpha value is -0.120.